The van der Waals surface area contributed by atoms with Crippen molar-refractivity contribution in [3.8, 4) is 0 Å². The number of benzene rings is 1. The van der Waals surface area contributed by atoms with Gasteiger partial charge in [0.2, 0.25) is 12.3 Å². The summed E-state index contributed by atoms with van der Waals surface area (Å²) in [5, 5.41) is 2.12. The largest absolute Gasteiger partial charge is 0.494 e. The molecule has 1 saturated heterocycles. The van der Waals surface area contributed by atoms with E-state index in [0.717, 1.165) is 11.0 Å². The van der Waals surface area contributed by atoms with Crippen molar-refractivity contribution in [1.29, 1.82) is 0 Å². The predicted molar refractivity (Wildman–Crippen MR) is 105 cm³/mol. The Balaban J connectivity index is 1.71. The molecule has 8 heteroatoms. The van der Waals surface area contributed by atoms with Crippen LogP contribution in [0.4, 0.5) is 0 Å². The van der Waals surface area contributed by atoms with E-state index in [-0.39, 0.29) is 24.3 Å². The Kier molecular flexibility index (Phi) is 5.38. The van der Waals surface area contributed by atoms with Crippen LogP contribution in [0, 0.1) is 0 Å². The first-order valence-corrected chi connectivity index (χ1v) is 9.58. The van der Waals surface area contributed by atoms with Crippen LogP contribution < -0.4 is 10.8 Å². The minimum absolute atomic E-state index is 0.0428. The number of carbonyl (C=O) groups is 3. The lowest BCUT2D eigenvalue weighted by Gasteiger charge is -2.32. The Bertz CT molecular complexity index is 792. The average molecular weight is 386 g/mol. The Labute approximate surface area is 165 Å². The minimum Gasteiger partial charge on any atom is -0.399 e. The molecule has 28 heavy (non-hydrogen) atoms. The Morgan fingerprint density at radius 1 is 1.29 bits per heavy atom. The molecule has 1 unspecified atom stereocenters. The molecule has 2 aliphatic heterocycles. The van der Waals surface area contributed by atoms with E-state index in [9.17, 15) is 14.4 Å². The maximum atomic E-state index is 12.8. The van der Waals surface area contributed by atoms with E-state index >= 15 is 0 Å². The van der Waals surface area contributed by atoms with Crippen molar-refractivity contribution in [2.24, 2.45) is 0 Å². The average Bonchev–Trinajstić information content (AvgIpc) is 3.06. The molecule has 1 aromatic rings. The highest BCUT2D eigenvalue weighted by Gasteiger charge is 2.52. The van der Waals surface area contributed by atoms with Crippen LogP contribution in [0.15, 0.2) is 18.2 Å². The van der Waals surface area contributed by atoms with E-state index in [0.29, 0.717) is 24.9 Å². The summed E-state index contributed by atoms with van der Waals surface area (Å²) in [5.74, 6) is -0.382. The molecule has 1 atom stereocenters. The summed E-state index contributed by atoms with van der Waals surface area (Å²) in [7, 11) is -0.469. The van der Waals surface area contributed by atoms with E-state index in [2.05, 4.69) is 5.32 Å². The van der Waals surface area contributed by atoms with Gasteiger partial charge in [-0.25, -0.2) is 0 Å². The third kappa shape index (κ3) is 3.71. The second-order valence-electron chi connectivity index (χ2n) is 8.51. The summed E-state index contributed by atoms with van der Waals surface area (Å²) >= 11 is 0. The lowest BCUT2D eigenvalue weighted by atomic mass is 9.78. The van der Waals surface area contributed by atoms with Gasteiger partial charge in [0.15, 0.2) is 0 Å². The van der Waals surface area contributed by atoms with Gasteiger partial charge in [-0.15, -0.1) is 0 Å². The van der Waals surface area contributed by atoms with Crippen molar-refractivity contribution in [3.63, 3.8) is 0 Å². The summed E-state index contributed by atoms with van der Waals surface area (Å²) in [6, 6.07) is 5.56. The van der Waals surface area contributed by atoms with Gasteiger partial charge in [0, 0.05) is 24.6 Å². The number of imide groups is 1. The highest BCUT2D eigenvalue weighted by atomic mass is 16.7. The number of nitrogens with zero attached hydrogens (tertiary/aromatic N) is 1. The lowest BCUT2D eigenvalue weighted by molar-refractivity contribution is -0.125. The lowest BCUT2D eigenvalue weighted by Crippen LogP contribution is -2.41. The van der Waals surface area contributed by atoms with Gasteiger partial charge in [0.05, 0.1) is 11.2 Å². The standard InChI is InChI=1S/C20H27BN2O5/c1-13(6-9-17(25)22-12-24)23-11-14-10-15(7-8-16(14)18(23)26)21-27-19(2,3)20(4,5)28-21/h7-8,10,12-13H,6,9,11H2,1-5H3,(H,22,24,25). The molecule has 0 aliphatic carbocycles. The second kappa shape index (κ2) is 7.33. The van der Waals surface area contributed by atoms with Gasteiger partial charge in [-0.3, -0.25) is 19.7 Å². The van der Waals surface area contributed by atoms with Crippen LogP contribution >= 0.6 is 0 Å². The number of amides is 3. The summed E-state index contributed by atoms with van der Waals surface area (Å²) in [6.07, 6.45) is 1.06. The highest BCUT2D eigenvalue weighted by molar-refractivity contribution is 6.62. The van der Waals surface area contributed by atoms with Crippen LogP contribution in [-0.2, 0) is 25.4 Å². The van der Waals surface area contributed by atoms with Gasteiger partial charge >= 0.3 is 7.12 Å². The van der Waals surface area contributed by atoms with Crippen molar-refractivity contribution in [2.75, 3.05) is 0 Å². The van der Waals surface area contributed by atoms with E-state index < -0.39 is 18.3 Å². The molecule has 0 saturated carbocycles. The van der Waals surface area contributed by atoms with Crippen LogP contribution in [0.1, 0.15) is 63.4 Å². The van der Waals surface area contributed by atoms with Crippen molar-refractivity contribution in [1.82, 2.24) is 10.2 Å². The fourth-order valence-corrected chi connectivity index (χ4v) is 3.48. The quantitative estimate of drug-likeness (QED) is 0.590. The van der Waals surface area contributed by atoms with Crippen LogP contribution in [0.3, 0.4) is 0 Å². The van der Waals surface area contributed by atoms with Crippen LogP contribution in [0.25, 0.3) is 0 Å². The van der Waals surface area contributed by atoms with E-state index in [1.54, 1.807) is 4.90 Å². The first kappa shape index (κ1) is 20.5. The SMILES string of the molecule is CC(CCC(=O)NC=O)N1Cc2cc(B3OC(C)(C)C(C)(C)O3)ccc2C1=O. The topological polar surface area (TPSA) is 84.9 Å². The zero-order chi connectivity index (χ0) is 20.7. The monoisotopic (exact) mass is 386 g/mol. The smallest absolute Gasteiger partial charge is 0.399 e. The fraction of sp³-hybridized carbons (Fsp3) is 0.550. The maximum Gasteiger partial charge on any atom is 0.494 e. The summed E-state index contributed by atoms with van der Waals surface area (Å²) in [4.78, 5) is 36.3. The molecule has 150 valence electrons. The summed E-state index contributed by atoms with van der Waals surface area (Å²) in [5.41, 5.74) is 1.65. The molecular weight excluding hydrogens is 359 g/mol. The number of nitrogens with one attached hydrogen (secondary N) is 1. The van der Waals surface area contributed by atoms with Gasteiger partial charge in [0.1, 0.15) is 0 Å². The molecule has 3 amide bonds. The molecule has 1 aromatic carbocycles. The number of carbonyl (C=O) groups excluding carboxylic acids is 3. The van der Waals surface area contributed by atoms with Crippen molar-refractivity contribution < 1.29 is 23.7 Å². The molecule has 0 radical (unpaired) electrons. The molecule has 7 nitrogen and oxygen atoms in total. The normalized spacial score (nSPS) is 20.8. The predicted octanol–water partition coefficient (Wildman–Crippen LogP) is 1.38. The van der Waals surface area contributed by atoms with Gasteiger partial charge in [-0.2, -0.15) is 0 Å². The van der Waals surface area contributed by atoms with Crippen molar-refractivity contribution in [2.45, 2.75) is 71.2 Å². The minimum atomic E-state index is -0.469. The first-order valence-electron chi connectivity index (χ1n) is 9.58. The third-order valence-corrected chi connectivity index (χ3v) is 6.03. The third-order valence-electron chi connectivity index (χ3n) is 6.03. The summed E-state index contributed by atoms with van der Waals surface area (Å²) in [6.45, 7) is 10.4. The molecular formula is C20H27BN2O5. The summed E-state index contributed by atoms with van der Waals surface area (Å²) < 4.78 is 12.2. The molecule has 1 N–H and O–H groups in total. The number of hydrogen-bond donors (Lipinski definition) is 1. The number of rotatable bonds is 6. The van der Waals surface area contributed by atoms with E-state index in [1.165, 1.54) is 0 Å². The molecule has 2 heterocycles. The number of hydrogen-bond acceptors (Lipinski definition) is 5. The van der Waals surface area contributed by atoms with Crippen LogP contribution in [-0.4, -0.2) is 47.5 Å². The first-order chi connectivity index (χ1) is 13.1. The van der Waals surface area contributed by atoms with Crippen molar-refractivity contribution >= 4 is 30.8 Å². The van der Waals surface area contributed by atoms with Crippen molar-refractivity contribution in [3.05, 3.63) is 29.3 Å². The zero-order valence-electron chi connectivity index (χ0n) is 17.1. The molecule has 2 aliphatic rings. The Hall–Kier alpha value is -2.19. The second-order valence-corrected chi connectivity index (χ2v) is 8.51. The van der Waals surface area contributed by atoms with Crippen LogP contribution in [0.5, 0.6) is 0 Å². The van der Waals surface area contributed by atoms with Gasteiger partial charge in [-0.05, 0) is 58.1 Å². The molecule has 0 bridgehead atoms. The Morgan fingerprint density at radius 3 is 2.54 bits per heavy atom. The zero-order valence-corrected chi connectivity index (χ0v) is 17.1. The van der Waals surface area contributed by atoms with E-state index in [4.69, 9.17) is 9.31 Å². The molecule has 3 rings (SSSR count). The number of fused-ring (bicyclic) bond motifs is 1. The highest BCUT2D eigenvalue weighted by Crippen LogP contribution is 2.37. The molecule has 0 spiro atoms. The van der Waals surface area contributed by atoms with E-state index in [1.807, 2.05) is 52.8 Å². The van der Waals surface area contributed by atoms with Crippen LogP contribution in [0.2, 0.25) is 0 Å². The van der Waals surface area contributed by atoms with Gasteiger partial charge < -0.3 is 14.2 Å². The Morgan fingerprint density at radius 2 is 1.93 bits per heavy atom. The molecule has 0 aromatic heterocycles. The maximum absolute atomic E-state index is 12.8. The molecule has 1 fully saturated rings. The van der Waals surface area contributed by atoms with Gasteiger partial charge in [0.25, 0.3) is 5.91 Å². The fourth-order valence-electron chi connectivity index (χ4n) is 3.48. The van der Waals surface area contributed by atoms with Gasteiger partial charge in [-0.1, -0.05) is 12.1 Å².